The third-order valence-corrected chi connectivity index (χ3v) is 5.69. The van der Waals surface area contributed by atoms with Gasteiger partial charge in [0.1, 0.15) is 23.3 Å². The van der Waals surface area contributed by atoms with Crippen molar-refractivity contribution in [2.45, 2.75) is 50.5 Å². The van der Waals surface area contributed by atoms with E-state index in [4.69, 9.17) is 14.0 Å². The highest BCUT2D eigenvalue weighted by Gasteiger charge is 2.33. The van der Waals surface area contributed by atoms with Crippen molar-refractivity contribution in [1.82, 2.24) is 14.9 Å². The van der Waals surface area contributed by atoms with Crippen LogP contribution in [-0.4, -0.2) is 38.3 Å². The third kappa shape index (κ3) is 4.85. The minimum atomic E-state index is -3.60. The zero-order chi connectivity index (χ0) is 19.7. The second-order valence-corrected chi connectivity index (χ2v) is 9.38. The maximum absolute atomic E-state index is 12.6. The monoisotopic (exact) mass is 395 g/mol. The van der Waals surface area contributed by atoms with Gasteiger partial charge in [0.05, 0.1) is 13.2 Å². The summed E-state index contributed by atoms with van der Waals surface area (Å²) in [6, 6.07) is 4.89. The summed E-state index contributed by atoms with van der Waals surface area (Å²) in [6.07, 6.45) is 1.84. The zero-order valence-electron chi connectivity index (χ0n) is 15.9. The fourth-order valence-electron chi connectivity index (χ4n) is 2.92. The number of nitrogens with zero attached hydrogens (tertiary/aromatic N) is 2. The first-order valence-corrected chi connectivity index (χ1v) is 10.4. The smallest absolute Gasteiger partial charge is 0.217 e. The Hall–Kier alpha value is -1.97. The average Bonchev–Trinajstić information content (AvgIpc) is 3.23. The van der Waals surface area contributed by atoms with Gasteiger partial charge in [-0.05, 0) is 12.5 Å². The Bertz CT molecular complexity index is 871. The van der Waals surface area contributed by atoms with Gasteiger partial charge in [0.2, 0.25) is 15.9 Å². The minimum Gasteiger partial charge on any atom is -0.481 e. The van der Waals surface area contributed by atoms with Gasteiger partial charge in [-0.15, -0.1) is 0 Å². The van der Waals surface area contributed by atoms with E-state index in [0.717, 1.165) is 5.56 Å². The molecule has 0 aliphatic carbocycles. The molecule has 2 aromatic rings. The first-order chi connectivity index (χ1) is 12.7. The topological polar surface area (TPSA) is 104 Å². The molecule has 1 aliphatic rings. The average molecular weight is 395 g/mol. The van der Waals surface area contributed by atoms with Crippen LogP contribution < -0.4 is 9.46 Å². The maximum atomic E-state index is 12.6. The summed E-state index contributed by atoms with van der Waals surface area (Å²) >= 11 is 0. The Balaban J connectivity index is 1.69. The molecule has 1 saturated heterocycles. The molecular formula is C18H25N3O5S. The number of nitrogens with one attached hydrogen (secondary N) is 1. The van der Waals surface area contributed by atoms with Crippen molar-refractivity contribution in [3.05, 3.63) is 41.4 Å². The fraction of sp³-hybridized carbons (Fsp3) is 0.556. The summed E-state index contributed by atoms with van der Waals surface area (Å²) in [5.41, 5.74) is 0.959. The highest BCUT2D eigenvalue weighted by Crippen LogP contribution is 2.30. The second kappa shape index (κ2) is 7.57. The van der Waals surface area contributed by atoms with Gasteiger partial charge in [0.25, 0.3) is 0 Å². The van der Waals surface area contributed by atoms with Crippen LogP contribution in [0.5, 0.6) is 5.88 Å². The first kappa shape index (κ1) is 19.8. The number of hydrogen-bond donors (Lipinski definition) is 1. The molecule has 0 amide bonds. The van der Waals surface area contributed by atoms with Crippen LogP contribution in [0.1, 0.15) is 50.3 Å². The lowest BCUT2D eigenvalue weighted by Gasteiger charge is -2.19. The van der Waals surface area contributed by atoms with E-state index in [0.29, 0.717) is 30.4 Å². The van der Waals surface area contributed by atoms with Gasteiger partial charge in [0.15, 0.2) is 0 Å². The van der Waals surface area contributed by atoms with Crippen LogP contribution in [-0.2, 0) is 25.9 Å². The highest BCUT2D eigenvalue weighted by molar-refractivity contribution is 7.88. The van der Waals surface area contributed by atoms with Gasteiger partial charge in [-0.2, -0.15) is 0 Å². The maximum Gasteiger partial charge on any atom is 0.217 e. The van der Waals surface area contributed by atoms with Gasteiger partial charge in [-0.1, -0.05) is 25.9 Å². The number of hydrogen-bond acceptors (Lipinski definition) is 7. The molecule has 27 heavy (non-hydrogen) atoms. The number of methoxy groups -OCH3 is 1. The van der Waals surface area contributed by atoms with Gasteiger partial charge < -0.3 is 14.0 Å². The SMILES string of the molecule is COc1ccc([C@H]2OCC[C@@H]2NS(=O)(=O)Cc2cc(C(C)(C)C)on2)cn1. The molecule has 0 bridgehead atoms. The summed E-state index contributed by atoms with van der Waals surface area (Å²) in [6.45, 7) is 6.41. The number of aromatic nitrogens is 2. The van der Waals surface area contributed by atoms with Gasteiger partial charge in [-0.3, -0.25) is 0 Å². The van der Waals surface area contributed by atoms with E-state index in [1.165, 1.54) is 0 Å². The van der Waals surface area contributed by atoms with Crippen molar-refractivity contribution in [3.8, 4) is 5.88 Å². The van der Waals surface area contributed by atoms with Crippen molar-refractivity contribution in [2.75, 3.05) is 13.7 Å². The van der Waals surface area contributed by atoms with Crippen LogP contribution in [0, 0.1) is 0 Å². The van der Waals surface area contributed by atoms with E-state index in [1.54, 1.807) is 25.4 Å². The molecule has 1 N–H and O–H groups in total. The van der Waals surface area contributed by atoms with Crippen molar-refractivity contribution in [3.63, 3.8) is 0 Å². The Kier molecular flexibility index (Phi) is 5.55. The first-order valence-electron chi connectivity index (χ1n) is 8.75. The molecule has 0 radical (unpaired) electrons. The molecule has 0 spiro atoms. The Morgan fingerprint density at radius 1 is 1.33 bits per heavy atom. The van der Waals surface area contributed by atoms with Crippen molar-refractivity contribution in [2.24, 2.45) is 0 Å². The molecule has 1 aliphatic heterocycles. The number of ether oxygens (including phenoxy) is 2. The van der Waals surface area contributed by atoms with Crippen LogP contribution >= 0.6 is 0 Å². The molecule has 2 aromatic heterocycles. The molecule has 0 unspecified atom stereocenters. The van der Waals surface area contributed by atoms with Crippen LogP contribution in [0.15, 0.2) is 28.9 Å². The molecule has 3 heterocycles. The van der Waals surface area contributed by atoms with E-state index in [1.807, 2.05) is 26.8 Å². The second-order valence-electron chi connectivity index (χ2n) is 7.63. The minimum absolute atomic E-state index is 0.228. The van der Waals surface area contributed by atoms with E-state index in [-0.39, 0.29) is 23.3 Å². The Morgan fingerprint density at radius 3 is 2.70 bits per heavy atom. The summed E-state index contributed by atoms with van der Waals surface area (Å²) < 4.78 is 44.0. The summed E-state index contributed by atoms with van der Waals surface area (Å²) in [4.78, 5) is 4.16. The Labute approximate surface area is 159 Å². The van der Waals surface area contributed by atoms with Crippen molar-refractivity contribution >= 4 is 10.0 Å². The summed E-state index contributed by atoms with van der Waals surface area (Å²) in [5, 5.41) is 3.89. The predicted octanol–water partition coefficient (Wildman–Crippen LogP) is 2.33. The lowest BCUT2D eigenvalue weighted by Crippen LogP contribution is -2.37. The number of pyridine rings is 1. The molecule has 3 rings (SSSR count). The largest absolute Gasteiger partial charge is 0.481 e. The highest BCUT2D eigenvalue weighted by atomic mass is 32.2. The summed E-state index contributed by atoms with van der Waals surface area (Å²) in [7, 11) is -2.06. The molecule has 9 heteroatoms. The van der Waals surface area contributed by atoms with E-state index >= 15 is 0 Å². The molecule has 1 fully saturated rings. The molecule has 148 valence electrons. The van der Waals surface area contributed by atoms with Crippen LogP contribution in [0.4, 0.5) is 0 Å². The fourth-order valence-corrected chi connectivity index (χ4v) is 4.23. The standard InChI is InChI=1S/C18H25N3O5S/c1-18(2,3)15-9-13(20-26-15)11-27(22,23)21-14-7-8-25-17(14)12-5-6-16(24-4)19-10-12/h5-6,9-10,14,17,21H,7-8,11H2,1-4H3/t14-,17+/m0/s1. The van der Waals surface area contributed by atoms with Gasteiger partial charge in [0, 0.05) is 35.9 Å². The van der Waals surface area contributed by atoms with Crippen LogP contribution in [0.2, 0.25) is 0 Å². The molecule has 8 nitrogen and oxygen atoms in total. The quantitative estimate of drug-likeness (QED) is 0.800. The van der Waals surface area contributed by atoms with Crippen molar-refractivity contribution < 1.29 is 22.4 Å². The number of sulfonamides is 1. The van der Waals surface area contributed by atoms with Gasteiger partial charge in [-0.25, -0.2) is 18.1 Å². The summed E-state index contributed by atoms with van der Waals surface area (Å²) in [5.74, 6) is 0.907. The van der Waals surface area contributed by atoms with E-state index < -0.39 is 10.0 Å². The molecule has 2 atom stereocenters. The third-order valence-electron chi connectivity index (χ3n) is 4.36. The molecule has 0 aromatic carbocycles. The lowest BCUT2D eigenvalue weighted by atomic mass is 9.93. The van der Waals surface area contributed by atoms with E-state index in [9.17, 15) is 8.42 Å². The molecule has 0 saturated carbocycles. The number of rotatable bonds is 6. The van der Waals surface area contributed by atoms with E-state index in [2.05, 4.69) is 14.9 Å². The van der Waals surface area contributed by atoms with Crippen molar-refractivity contribution in [1.29, 1.82) is 0 Å². The van der Waals surface area contributed by atoms with Crippen LogP contribution in [0.3, 0.4) is 0 Å². The predicted molar refractivity (Wildman–Crippen MR) is 98.8 cm³/mol. The van der Waals surface area contributed by atoms with Gasteiger partial charge >= 0.3 is 0 Å². The lowest BCUT2D eigenvalue weighted by molar-refractivity contribution is 0.102. The van der Waals surface area contributed by atoms with Crippen LogP contribution in [0.25, 0.3) is 0 Å². The zero-order valence-corrected chi connectivity index (χ0v) is 16.7. The normalized spacial score (nSPS) is 20.7. The Morgan fingerprint density at radius 2 is 2.11 bits per heavy atom. The molecular weight excluding hydrogens is 370 g/mol.